The molecule has 0 saturated heterocycles. The number of nitrogens with zero attached hydrogens (tertiary/aromatic N) is 1. The lowest BCUT2D eigenvalue weighted by Crippen LogP contribution is -2.28. The van der Waals surface area contributed by atoms with Crippen molar-refractivity contribution >= 4 is 22.9 Å². The van der Waals surface area contributed by atoms with Gasteiger partial charge in [-0.15, -0.1) is 0 Å². The number of ether oxygens (including phenoxy) is 1. The zero-order chi connectivity index (χ0) is 14.0. The van der Waals surface area contributed by atoms with Gasteiger partial charge in [0.2, 0.25) is 0 Å². The van der Waals surface area contributed by atoms with Crippen molar-refractivity contribution in [2.45, 2.75) is 19.9 Å². The molecule has 0 amide bonds. The predicted molar refractivity (Wildman–Crippen MR) is 70.1 cm³/mol. The Morgan fingerprint density at radius 3 is 2.89 bits per heavy atom. The van der Waals surface area contributed by atoms with Gasteiger partial charge in [-0.1, -0.05) is 12.1 Å². The average molecular weight is 262 g/mol. The number of esters is 1. The third-order valence-corrected chi connectivity index (χ3v) is 2.76. The summed E-state index contributed by atoms with van der Waals surface area (Å²) in [7, 11) is 1.29. The van der Waals surface area contributed by atoms with Crippen LogP contribution in [0, 0.1) is 6.92 Å². The number of fused-ring (bicyclic) bond motifs is 1. The highest BCUT2D eigenvalue weighted by Gasteiger charge is 2.16. The first-order chi connectivity index (χ1) is 9.02. The van der Waals surface area contributed by atoms with Gasteiger partial charge in [0.05, 0.1) is 18.0 Å². The molecule has 2 aromatic rings. The first-order valence-electron chi connectivity index (χ1n) is 5.77. The van der Waals surface area contributed by atoms with Gasteiger partial charge >= 0.3 is 11.6 Å². The first-order valence-corrected chi connectivity index (χ1v) is 5.77. The zero-order valence-corrected chi connectivity index (χ0v) is 10.9. The number of hydrogen-bond donors (Lipinski definition) is 1. The normalized spacial score (nSPS) is 12.2. The van der Waals surface area contributed by atoms with Gasteiger partial charge in [0, 0.05) is 0 Å². The molecule has 0 saturated carbocycles. The highest BCUT2D eigenvalue weighted by atomic mass is 16.5. The van der Waals surface area contributed by atoms with Crippen LogP contribution in [-0.2, 0) is 9.53 Å². The van der Waals surface area contributed by atoms with Crippen molar-refractivity contribution in [2.24, 2.45) is 0 Å². The van der Waals surface area contributed by atoms with Gasteiger partial charge in [-0.05, 0) is 25.5 Å². The lowest BCUT2D eigenvalue weighted by molar-refractivity contribution is -0.141. The molecule has 1 unspecified atom stereocenters. The monoisotopic (exact) mass is 262 g/mol. The second-order valence-corrected chi connectivity index (χ2v) is 4.16. The lowest BCUT2D eigenvalue weighted by Gasteiger charge is -2.11. The third-order valence-electron chi connectivity index (χ3n) is 2.76. The fourth-order valence-electron chi connectivity index (χ4n) is 1.76. The smallest absolute Gasteiger partial charge is 0.348 e. The molecule has 1 N–H and O–H groups in total. The van der Waals surface area contributed by atoms with E-state index >= 15 is 0 Å². The minimum atomic E-state index is -0.650. The van der Waals surface area contributed by atoms with Crippen molar-refractivity contribution in [3.05, 3.63) is 34.2 Å². The fraction of sp³-hybridized carbons (Fsp3) is 0.308. The van der Waals surface area contributed by atoms with Crippen molar-refractivity contribution in [2.75, 3.05) is 12.4 Å². The van der Waals surface area contributed by atoms with E-state index in [0.29, 0.717) is 10.9 Å². The van der Waals surface area contributed by atoms with Crippen LogP contribution in [0.3, 0.4) is 0 Å². The Morgan fingerprint density at radius 1 is 1.47 bits per heavy atom. The zero-order valence-electron chi connectivity index (χ0n) is 10.9. The molecule has 0 aliphatic rings. The molecule has 2 rings (SSSR count). The van der Waals surface area contributed by atoms with Crippen LogP contribution in [-0.4, -0.2) is 24.1 Å². The van der Waals surface area contributed by atoms with Crippen LogP contribution in [0.2, 0.25) is 0 Å². The Balaban J connectivity index is 2.42. The minimum absolute atomic E-state index is 0.000926. The summed E-state index contributed by atoms with van der Waals surface area (Å²) in [6, 6.07) is 4.68. The molecule has 0 fully saturated rings. The van der Waals surface area contributed by atoms with E-state index in [-0.39, 0.29) is 6.01 Å². The quantitative estimate of drug-likeness (QED) is 0.843. The average Bonchev–Trinajstić information content (AvgIpc) is 2.37. The Labute approximate surface area is 109 Å². The Kier molecular flexibility index (Phi) is 3.50. The van der Waals surface area contributed by atoms with Crippen LogP contribution < -0.4 is 10.9 Å². The van der Waals surface area contributed by atoms with Crippen molar-refractivity contribution in [1.29, 1.82) is 0 Å². The molecule has 0 radical (unpaired) electrons. The highest BCUT2D eigenvalue weighted by molar-refractivity contribution is 5.82. The van der Waals surface area contributed by atoms with Crippen LogP contribution in [0.1, 0.15) is 12.5 Å². The predicted octanol–water partition coefficient (Wildman–Crippen LogP) is 1.47. The molecular formula is C13H14N2O4. The number of benzene rings is 1. The molecular weight excluding hydrogens is 248 g/mol. The molecule has 0 bridgehead atoms. The standard InChI is InChI=1S/C13H14N2O4/c1-7-5-4-6-9-10(7)12(17)19-13(15-9)14-8(2)11(16)18-3/h4-6,8H,1-3H3,(H,14,15). The number of anilines is 1. The van der Waals surface area contributed by atoms with Crippen LogP contribution >= 0.6 is 0 Å². The summed E-state index contributed by atoms with van der Waals surface area (Å²) in [5.41, 5.74) is 0.838. The molecule has 0 aliphatic carbocycles. The van der Waals surface area contributed by atoms with Crippen molar-refractivity contribution in [1.82, 2.24) is 4.98 Å². The van der Waals surface area contributed by atoms with E-state index < -0.39 is 17.6 Å². The minimum Gasteiger partial charge on any atom is -0.467 e. The third kappa shape index (κ3) is 2.57. The van der Waals surface area contributed by atoms with Gasteiger partial charge in [0.1, 0.15) is 6.04 Å². The van der Waals surface area contributed by atoms with E-state index in [9.17, 15) is 9.59 Å². The summed E-state index contributed by atoms with van der Waals surface area (Å²) in [5.74, 6) is -0.464. The Bertz CT molecular complexity index is 678. The number of hydrogen-bond acceptors (Lipinski definition) is 6. The molecule has 100 valence electrons. The molecule has 1 atom stereocenters. The molecule has 0 spiro atoms. The van der Waals surface area contributed by atoms with Crippen molar-refractivity contribution < 1.29 is 13.9 Å². The number of methoxy groups -OCH3 is 1. The van der Waals surface area contributed by atoms with Gasteiger partial charge < -0.3 is 14.5 Å². The summed E-state index contributed by atoms with van der Waals surface area (Å²) in [4.78, 5) is 27.3. The molecule has 1 heterocycles. The summed E-state index contributed by atoms with van der Waals surface area (Å²) in [5, 5.41) is 3.14. The van der Waals surface area contributed by atoms with Gasteiger partial charge in [-0.3, -0.25) is 0 Å². The van der Waals surface area contributed by atoms with E-state index in [1.165, 1.54) is 7.11 Å². The maximum absolute atomic E-state index is 11.9. The van der Waals surface area contributed by atoms with E-state index in [1.54, 1.807) is 19.1 Å². The van der Waals surface area contributed by atoms with Crippen molar-refractivity contribution in [3.8, 4) is 0 Å². The first kappa shape index (κ1) is 13.1. The summed E-state index contributed by atoms with van der Waals surface area (Å²) < 4.78 is 9.62. The van der Waals surface area contributed by atoms with E-state index in [1.807, 2.05) is 13.0 Å². The summed E-state index contributed by atoms with van der Waals surface area (Å²) >= 11 is 0. The van der Waals surface area contributed by atoms with Gasteiger partial charge in [0.25, 0.3) is 6.01 Å². The number of nitrogens with one attached hydrogen (secondary N) is 1. The van der Waals surface area contributed by atoms with E-state index in [0.717, 1.165) is 5.56 Å². The second kappa shape index (κ2) is 5.09. The maximum Gasteiger partial charge on any atom is 0.348 e. The Hall–Kier alpha value is -2.37. The number of aromatic nitrogens is 1. The lowest BCUT2D eigenvalue weighted by atomic mass is 10.1. The second-order valence-electron chi connectivity index (χ2n) is 4.16. The number of rotatable bonds is 3. The van der Waals surface area contributed by atoms with Gasteiger partial charge in [0.15, 0.2) is 0 Å². The van der Waals surface area contributed by atoms with Crippen LogP contribution in [0.5, 0.6) is 0 Å². The van der Waals surface area contributed by atoms with Crippen molar-refractivity contribution in [3.63, 3.8) is 0 Å². The maximum atomic E-state index is 11.9. The largest absolute Gasteiger partial charge is 0.467 e. The van der Waals surface area contributed by atoms with Crippen LogP contribution in [0.4, 0.5) is 6.01 Å². The topological polar surface area (TPSA) is 81.4 Å². The van der Waals surface area contributed by atoms with Crippen LogP contribution in [0.15, 0.2) is 27.4 Å². The summed E-state index contributed by atoms with van der Waals surface area (Å²) in [6.07, 6.45) is 0. The SMILES string of the molecule is COC(=O)C(C)Nc1nc2cccc(C)c2c(=O)o1. The molecule has 19 heavy (non-hydrogen) atoms. The number of aryl methyl sites for hydroxylation is 1. The summed E-state index contributed by atoms with van der Waals surface area (Å²) in [6.45, 7) is 3.40. The molecule has 6 heteroatoms. The molecule has 6 nitrogen and oxygen atoms in total. The van der Waals surface area contributed by atoms with E-state index in [4.69, 9.17) is 4.42 Å². The molecule has 1 aromatic heterocycles. The fourth-order valence-corrected chi connectivity index (χ4v) is 1.76. The Morgan fingerprint density at radius 2 is 2.21 bits per heavy atom. The van der Waals surface area contributed by atoms with Crippen LogP contribution in [0.25, 0.3) is 10.9 Å². The number of carbonyl (C=O) groups excluding carboxylic acids is 1. The highest BCUT2D eigenvalue weighted by Crippen LogP contribution is 2.15. The molecule has 1 aromatic carbocycles. The number of carbonyl (C=O) groups is 1. The molecule has 0 aliphatic heterocycles. The van der Waals surface area contributed by atoms with E-state index in [2.05, 4.69) is 15.0 Å². The van der Waals surface area contributed by atoms with Gasteiger partial charge in [-0.2, -0.15) is 4.98 Å². The van der Waals surface area contributed by atoms with Gasteiger partial charge in [-0.25, -0.2) is 9.59 Å².